The molecule has 0 aromatic rings. The first-order chi connectivity index (χ1) is 22.7. The van der Waals surface area contributed by atoms with E-state index in [1.807, 2.05) is 0 Å². The van der Waals surface area contributed by atoms with Crippen LogP contribution >= 0.6 is 0 Å². The Balaban J connectivity index is 1.58. The van der Waals surface area contributed by atoms with E-state index in [0.29, 0.717) is 12.2 Å². The van der Waals surface area contributed by atoms with E-state index in [9.17, 15) is 0 Å². The monoisotopic (exact) mass is 640 g/mol. The highest BCUT2D eigenvalue weighted by atomic mass is 16.8. The van der Waals surface area contributed by atoms with Gasteiger partial charge in [0.1, 0.15) is 0 Å². The summed E-state index contributed by atoms with van der Waals surface area (Å²) >= 11 is 0. The fraction of sp³-hybridized carbons (Fsp3) is 0.814. The Labute approximate surface area is 287 Å². The van der Waals surface area contributed by atoms with E-state index < -0.39 is 0 Å². The van der Waals surface area contributed by atoms with Crippen LogP contribution in [-0.4, -0.2) is 43.0 Å². The molecule has 3 nitrogen and oxygen atoms in total. The van der Waals surface area contributed by atoms with Crippen LogP contribution in [0, 0.1) is 0 Å². The molecule has 2 aliphatic rings. The van der Waals surface area contributed by atoms with Crippen LogP contribution in [0.3, 0.4) is 0 Å². The zero-order chi connectivity index (χ0) is 32.8. The van der Waals surface area contributed by atoms with Gasteiger partial charge in [-0.15, -0.1) is 0 Å². The third kappa shape index (κ3) is 20.9. The molecule has 0 bridgehead atoms. The van der Waals surface area contributed by atoms with Crippen LogP contribution in [0.5, 0.6) is 0 Å². The van der Waals surface area contributed by atoms with Crippen molar-refractivity contribution in [2.24, 2.45) is 0 Å². The summed E-state index contributed by atoms with van der Waals surface area (Å²) in [6.07, 6.45) is 53.5. The molecule has 2 atom stereocenters. The summed E-state index contributed by atoms with van der Waals surface area (Å²) in [5, 5.41) is 0. The average molecular weight is 640 g/mol. The van der Waals surface area contributed by atoms with Crippen molar-refractivity contribution in [1.29, 1.82) is 0 Å². The Bertz CT molecular complexity index is 745. The Hall–Kier alpha value is -1.16. The molecule has 0 radical (unpaired) electrons. The molecule has 2 unspecified atom stereocenters. The predicted molar refractivity (Wildman–Crippen MR) is 203 cm³/mol. The third-order valence-corrected chi connectivity index (χ3v) is 10.00. The highest BCUT2D eigenvalue weighted by molar-refractivity contribution is 4.94. The summed E-state index contributed by atoms with van der Waals surface area (Å²) in [6.45, 7) is 6.80. The third-order valence-electron chi connectivity index (χ3n) is 10.00. The maximum absolute atomic E-state index is 6.85. The molecule has 2 heterocycles. The smallest absolute Gasteiger partial charge is 0.170 e. The van der Waals surface area contributed by atoms with E-state index in [-0.39, 0.29) is 5.79 Å². The van der Waals surface area contributed by atoms with Crippen molar-refractivity contribution < 1.29 is 9.47 Å². The minimum Gasteiger partial charge on any atom is -0.344 e. The minimum absolute atomic E-state index is 0.298. The second-order valence-electron chi connectivity index (χ2n) is 14.4. The first-order valence-electron chi connectivity index (χ1n) is 20.3. The number of hydrogen-bond donors (Lipinski definition) is 0. The second kappa shape index (κ2) is 28.8. The molecule has 0 aromatic heterocycles. The molecule has 266 valence electrons. The Morgan fingerprint density at radius 1 is 0.500 bits per heavy atom. The molecule has 0 saturated carbocycles. The van der Waals surface area contributed by atoms with Crippen LogP contribution in [0.25, 0.3) is 0 Å². The molecule has 0 N–H and O–H groups in total. The summed E-state index contributed by atoms with van der Waals surface area (Å²) in [6, 6.07) is 0. The molecular weight excluding hydrogens is 562 g/mol. The summed E-state index contributed by atoms with van der Waals surface area (Å²) in [4.78, 5) is 2.45. The van der Waals surface area contributed by atoms with Gasteiger partial charge >= 0.3 is 0 Å². The number of likely N-dealkylation sites (tertiary alicyclic amines) is 1. The normalized spacial score (nSPS) is 22.9. The molecule has 2 aliphatic heterocycles. The van der Waals surface area contributed by atoms with Gasteiger partial charge in [-0.1, -0.05) is 140 Å². The highest BCUT2D eigenvalue weighted by Crippen LogP contribution is 2.40. The standard InChI is InChI=1S/C43H77NO2/c1-4-6-8-10-12-14-16-18-20-22-24-26-28-30-32-35-41-42(46-43(45-41)37-34-39-44(3)40-38-43)36-33-31-29-27-25-23-21-19-17-15-13-11-9-7-5-2/h12-15,18-21,41-42H,4-11,16-17,22-40H2,1-3H3. The summed E-state index contributed by atoms with van der Waals surface area (Å²) in [5.41, 5.74) is 0. The number of rotatable bonds is 28. The fourth-order valence-corrected chi connectivity index (χ4v) is 6.99. The number of hydrogen-bond acceptors (Lipinski definition) is 3. The van der Waals surface area contributed by atoms with Gasteiger partial charge in [0.25, 0.3) is 0 Å². The van der Waals surface area contributed by atoms with Crippen molar-refractivity contribution >= 4 is 0 Å². The summed E-state index contributed by atoms with van der Waals surface area (Å²) in [5.74, 6) is -0.311. The molecule has 1 spiro atoms. The van der Waals surface area contributed by atoms with Gasteiger partial charge in [-0.05, 0) is 97.1 Å². The molecule has 2 fully saturated rings. The number of ether oxygens (including phenoxy) is 2. The molecule has 2 saturated heterocycles. The maximum atomic E-state index is 6.85. The van der Waals surface area contributed by atoms with Crippen molar-refractivity contribution in [3.05, 3.63) is 48.6 Å². The van der Waals surface area contributed by atoms with Gasteiger partial charge in [0.05, 0.1) is 12.2 Å². The van der Waals surface area contributed by atoms with Gasteiger partial charge in [0, 0.05) is 19.4 Å². The molecule has 0 amide bonds. The van der Waals surface area contributed by atoms with Crippen LogP contribution in [-0.2, 0) is 9.47 Å². The maximum Gasteiger partial charge on any atom is 0.170 e. The lowest BCUT2D eigenvalue weighted by molar-refractivity contribution is -0.183. The molecule has 0 aliphatic carbocycles. The van der Waals surface area contributed by atoms with Crippen molar-refractivity contribution in [1.82, 2.24) is 4.90 Å². The van der Waals surface area contributed by atoms with Gasteiger partial charge in [-0.3, -0.25) is 0 Å². The molecule has 0 aromatic carbocycles. The van der Waals surface area contributed by atoms with E-state index in [0.717, 1.165) is 32.2 Å². The molecule has 46 heavy (non-hydrogen) atoms. The van der Waals surface area contributed by atoms with E-state index in [1.54, 1.807) is 0 Å². The minimum atomic E-state index is -0.311. The first-order valence-corrected chi connectivity index (χ1v) is 20.3. The van der Waals surface area contributed by atoms with Crippen LogP contribution < -0.4 is 0 Å². The Kier molecular flexibility index (Phi) is 25.7. The Morgan fingerprint density at radius 2 is 0.913 bits per heavy atom. The SMILES string of the molecule is CCCCCC=CCC=CCCCCCCCC1OC2(CCCN(C)CC2)OC1CCCCCCCC=CCC=CCCCCC. The second-order valence-corrected chi connectivity index (χ2v) is 14.4. The van der Waals surface area contributed by atoms with Crippen molar-refractivity contribution in [2.45, 2.75) is 205 Å². The van der Waals surface area contributed by atoms with Gasteiger partial charge in [-0.25, -0.2) is 0 Å². The lowest BCUT2D eigenvalue weighted by Gasteiger charge is -2.27. The highest BCUT2D eigenvalue weighted by Gasteiger charge is 2.47. The molecule has 2 rings (SSSR count). The first kappa shape index (κ1) is 41.0. The number of allylic oxidation sites excluding steroid dienone is 8. The largest absolute Gasteiger partial charge is 0.344 e. The lowest BCUT2D eigenvalue weighted by Crippen LogP contribution is -2.32. The van der Waals surface area contributed by atoms with Gasteiger partial charge in [0.15, 0.2) is 5.79 Å². The van der Waals surface area contributed by atoms with E-state index in [1.165, 1.54) is 154 Å². The number of unbranched alkanes of at least 4 members (excludes halogenated alkanes) is 16. The van der Waals surface area contributed by atoms with Gasteiger partial charge in [-0.2, -0.15) is 0 Å². The van der Waals surface area contributed by atoms with E-state index in [2.05, 4.69) is 74.4 Å². The van der Waals surface area contributed by atoms with Crippen LogP contribution in [0.2, 0.25) is 0 Å². The van der Waals surface area contributed by atoms with E-state index in [4.69, 9.17) is 9.47 Å². The quantitative estimate of drug-likeness (QED) is 0.0628. The van der Waals surface area contributed by atoms with Crippen LogP contribution in [0.4, 0.5) is 0 Å². The van der Waals surface area contributed by atoms with Crippen molar-refractivity contribution in [2.75, 3.05) is 20.1 Å². The van der Waals surface area contributed by atoms with Crippen molar-refractivity contribution in [3.63, 3.8) is 0 Å². The lowest BCUT2D eigenvalue weighted by atomic mass is 9.99. The van der Waals surface area contributed by atoms with Gasteiger partial charge in [0.2, 0.25) is 0 Å². The van der Waals surface area contributed by atoms with Crippen LogP contribution in [0.1, 0.15) is 187 Å². The molecular formula is C43H77NO2. The number of nitrogens with zero attached hydrogens (tertiary/aromatic N) is 1. The predicted octanol–water partition coefficient (Wildman–Crippen LogP) is 13.2. The summed E-state index contributed by atoms with van der Waals surface area (Å²) in [7, 11) is 2.24. The summed E-state index contributed by atoms with van der Waals surface area (Å²) < 4.78 is 13.7. The Morgan fingerprint density at radius 3 is 1.37 bits per heavy atom. The zero-order valence-corrected chi connectivity index (χ0v) is 31.0. The molecule has 3 heteroatoms. The zero-order valence-electron chi connectivity index (χ0n) is 31.0. The van der Waals surface area contributed by atoms with Crippen LogP contribution in [0.15, 0.2) is 48.6 Å². The van der Waals surface area contributed by atoms with E-state index >= 15 is 0 Å². The van der Waals surface area contributed by atoms with Crippen molar-refractivity contribution in [3.8, 4) is 0 Å². The van der Waals surface area contributed by atoms with Gasteiger partial charge < -0.3 is 14.4 Å². The average Bonchev–Trinajstić information content (AvgIpc) is 3.29. The topological polar surface area (TPSA) is 21.7 Å². The fourth-order valence-electron chi connectivity index (χ4n) is 6.99.